The first-order valence-corrected chi connectivity index (χ1v) is 11.4. The average molecular weight is 452 g/mol. The molecule has 8 heteroatoms. The molecule has 0 fully saturated rings. The van der Waals surface area contributed by atoms with Crippen LogP contribution in [0, 0.1) is 20.8 Å². The van der Waals surface area contributed by atoms with E-state index in [0.717, 1.165) is 16.7 Å². The lowest BCUT2D eigenvalue weighted by atomic mass is 10.1. The number of rotatable bonds is 6. The first-order valence-electron chi connectivity index (χ1n) is 9.95. The number of hydrogen-bond acceptors (Lipinski definition) is 4. The van der Waals surface area contributed by atoms with Gasteiger partial charge in [0, 0.05) is 29.5 Å². The minimum Gasteiger partial charge on any atom is -0.355 e. The van der Waals surface area contributed by atoms with Crippen LogP contribution in [-0.4, -0.2) is 27.3 Å². The van der Waals surface area contributed by atoms with Crippen molar-refractivity contribution in [2.75, 3.05) is 17.1 Å². The van der Waals surface area contributed by atoms with Crippen LogP contribution in [0.1, 0.15) is 37.4 Å². The largest absolute Gasteiger partial charge is 0.355 e. The number of anilines is 2. The molecule has 0 heterocycles. The maximum atomic E-state index is 12.7. The van der Waals surface area contributed by atoms with Crippen LogP contribution in [0.15, 0.2) is 65.6 Å². The molecule has 3 rings (SSSR count). The summed E-state index contributed by atoms with van der Waals surface area (Å²) in [6.45, 7) is 5.60. The van der Waals surface area contributed by atoms with Crippen LogP contribution in [-0.2, 0) is 10.0 Å². The highest BCUT2D eigenvalue weighted by molar-refractivity contribution is 7.92. The number of amides is 2. The van der Waals surface area contributed by atoms with Crippen LogP contribution < -0.4 is 15.4 Å². The van der Waals surface area contributed by atoms with Crippen molar-refractivity contribution in [1.29, 1.82) is 0 Å². The Morgan fingerprint density at radius 2 is 1.34 bits per heavy atom. The Kier molecular flexibility index (Phi) is 6.64. The van der Waals surface area contributed by atoms with Crippen molar-refractivity contribution in [2.45, 2.75) is 25.7 Å². The number of sulfonamides is 1. The molecule has 3 aromatic carbocycles. The standard InChI is InChI=1S/C24H25N3O4S/c1-15-6-12-21(13-17(15)3)32(30,31)27-20-10-8-18(9-11-20)24(29)26-22-14-19(23(28)25-4)7-5-16(22)2/h5-14,27H,1-4H3,(H,25,28)(H,26,29). The summed E-state index contributed by atoms with van der Waals surface area (Å²) in [7, 11) is -2.21. The monoisotopic (exact) mass is 451 g/mol. The molecule has 166 valence electrons. The van der Waals surface area contributed by atoms with Crippen LogP contribution in [0.2, 0.25) is 0 Å². The highest BCUT2D eigenvalue weighted by Gasteiger charge is 2.16. The molecular weight excluding hydrogens is 426 g/mol. The summed E-state index contributed by atoms with van der Waals surface area (Å²) >= 11 is 0. The van der Waals surface area contributed by atoms with E-state index in [1.165, 1.54) is 31.3 Å². The Morgan fingerprint density at radius 1 is 0.719 bits per heavy atom. The van der Waals surface area contributed by atoms with Crippen molar-refractivity contribution in [3.63, 3.8) is 0 Å². The molecule has 32 heavy (non-hydrogen) atoms. The van der Waals surface area contributed by atoms with Gasteiger partial charge in [0.1, 0.15) is 0 Å². The molecule has 0 radical (unpaired) electrons. The van der Waals surface area contributed by atoms with Gasteiger partial charge in [-0.3, -0.25) is 14.3 Å². The van der Waals surface area contributed by atoms with Gasteiger partial charge in [-0.05, 0) is 86.0 Å². The van der Waals surface area contributed by atoms with E-state index in [9.17, 15) is 18.0 Å². The highest BCUT2D eigenvalue weighted by atomic mass is 32.2. The molecule has 0 atom stereocenters. The summed E-state index contributed by atoms with van der Waals surface area (Å²) in [5.41, 5.74) is 4.36. The van der Waals surface area contributed by atoms with E-state index in [1.54, 1.807) is 36.4 Å². The second-order valence-corrected chi connectivity index (χ2v) is 9.17. The van der Waals surface area contributed by atoms with Crippen LogP contribution in [0.25, 0.3) is 0 Å². The summed E-state index contributed by atoms with van der Waals surface area (Å²) in [6, 6.07) is 16.1. The minimum absolute atomic E-state index is 0.175. The second kappa shape index (κ2) is 9.23. The first kappa shape index (κ1) is 23.0. The molecule has 0 saturated carbocycles. The van der Waals surface area contributed by atoms with Gasteiger partial charge in [-0.2, -0.15) is 0 Å². The number of benzene rings is 3. The zero-order valence-corrected chi connectivity index (χ0v) is 19.1. The maximum Gasteiger partial charge on any atom is 0.261 e. The molecule has 3 N–H and O–H groups in total. The van der Waals surface area contributed by atoms with E-state index in [4.69, 9.17) is 0 Å². The third-order valence-corrected chi connectivity index (χ3v) is 6.54. The lowest BCUT2D eigenvalue weighted by molar-refractivity contribution is 0.0961. The van der Waals surface area contributed by atoms with Crippen molar-refractivity contribution in [2.24, 2.45) is 0 Å². The van der Waals surface area contributed by atoms with Crippen molar-refractivity contribution < 1.29 is 18.0 Å². The number of nitrogens with one attached hydrogen (secondary N) is 3. The van der Waals surface area contributed by atoms with Gasteiger partial charge in [-0.25, -0.2) is 8.42 Å². The quantitative estimate of drug-likeness (QED) is 0.526. The van der Waals surface area contributed by atoms with Crippen LogP contribution in [0.3, 0.4) is 0 Å². The van der Waals surface area contributed by atoms with Gasteiger partial charge in [0.15, 0.2) is 0 Å². The third kappa shape index (κ3) is 5.15. The number of hydrogen-bond donors (Lipinski definition) is 3. The smallest absolute Gasteiger partial charge is 0.261 e. The fraction of sp³-hybridized carbons (Fsp3) is 0.167. The van der Waals surface area contributed by atoms with Crippen LogP contribution in [0.4, 0.5) is 11.4 Å². The number of aryl methyl sites for hydroxylation is 3. The molecule has 3 aromatic rings. The molecule has 2 amide bonds. The fourth-order valence-electron chi connectivity index (χ4n) is 3.02. The predicted octanol–water partition coefficient (Wildman–Crippen LogP) is 4.02. The predicted molar refractivity (Wildman–Crippen MR) is 126 cm³/mol. The van der Waals surface area contributed by atoms with Crippen molar-refractivity contribution >= 4 is 33.2 Å². The highest BCUT2D eigenvalue weighted by Crippen LogP contribution is 2.21. The van der Waals surface area contributed by atoms with Gasteiger partial charge in [-0.1, -0.05) is 12.1 Å². The lowest BCUT2D eigenvalue weighted by Crippen LogP contribution is -2.19. The molecule has 0 aliphatic rings. The normalized spacial score (nSPS) is 11.0. The van der Waals surface area contributed by atoms with Crippen molar-refractivity contribution in [3.05, 3.63) is 88.5 Å². The van der Waals surface area contributed by atoms with E-state index >= 15 is 0 Å². The number of carbonyl (C=O) groups is 2. The second-order valence-electron chi connectivity index (χ2n) is 7.49. The molecule has 0 unspecified atom stereocenters. The Morgan fingerprint density at radius 3 is 1.97 bits per heavy atom. The molecule has 0 aromatic heterocycles. The van der Waals surface area contributed by atoms with Gasteiger partial charge in [0.05, 0.1) is 4.90 Å². The Balaban J connectivity index is 1.75. The van der Waals surface area contributed by atoms with Crippen LogP contribution >= 0.6 is 0 Å². The first-order chi connectivity index (χ1) is 15.1. The van der Waals surface area contributed by atoms with E-state index in [2.05, 4.69) is 15.4 Å². The molecule has 0 bridgehead atoms. The average Bonchev–Trinajstić information content (AvgIpc) is 2.76. The SMILES string of the molecule is CNC(=O)c1ccc(C)c(NC(=O)c2ccc(NS(=O)(=O)c3ccc(C)c(C)c3)cc2)c1. The van der Waals surface area contributed by atoms with Gasteiger partial charge in [0.25, 0.3) is 21.8 Å². The zero-order valence-electron chi connectivity index (χ0n) is 18.3. The topological polar surface area (TPSA) is 104 Å². The molecule has 0 saturated heterocycles. The molecule has 0 aliphatic carbocycles. The maximum absolute atomic E-state index is 12.7. The van der Waals surface area contributed by atoms with E-state index in [0.29, 0.717) is 22.5 Å². The van der Waals surface area contributed by atoms with Crippen molar-refractivity contribution in [3.8, 4) is 0 Å². The summed E-state index contributed by atoms with van der Waals surface area (Å²) in [6.07, 6.45) is 0. The van der Waals surface area contributed by atoms with Crippen LogP contribution in [0.5, 0.6) is 0 Å². The third-order valence-electron chi connectivity index (χ3n) is 5.16. The Hall–Kier alpha value is -3.65. The summed E-state index contributed by atoms with van der Waals surface area (Å²) in [4.78, 5) is 24.7. The van der Waals surface area contributed by atoms with Gasteiger partial charge in [-0.15, -0.1) is 0 Å². The molecular formula is C24H25N3O4S. The summed E-state index contributed by atoms with van der Waals surface area (Å²) < 4.78 is 27.8. The van der Waals surface area contributed by atoms with Crippen molar-refractivity contribution in [1.82, 2.24) is 5.32 Å². The summed E-state index contributed by atoms with van der Waals surface area (Å²) in [5, 5.41) is 5.34. The fourth-order valence-corrected chi connectivity index (χ4v) is 4.16. The molecule has 0 spiro atoms. The Labute approximate surface area is 187 Å². The summed E-state index contributed by atoms with van der Waals surface area (Å²) in [5.74, 6) is -0.619. The number of carbonyl (C=O) groups excluding carboxylic acids is 2. The molecule has 7 nitrogen and oxygen atoms in total. The van der Waals surface area contributed by atoms with E-state index in [1.807, 2.05) is 20.8 Å². The van der Waals surface area contributed by atoms with E-state index in [-0.39, 0.29) is 16.7 Å². The van der Waals surface area contributed by atoms with E-state index < -0.39 is 10.0 Å². The molecule has 0 aliphatic heterocycles. The Bertz CT molecular complexity index is 1280. The van der Waals surface area contributed by atoms with Gasteiger partial charge in [0.2, 0.25) is 0 Å². The zero-order chi connectivity index (χ0) is 23.5. The van der Waals surface area contributed by atoms with Gasteiger partial charge >= 0.3 is 0 Å². The minimum atomic E-state index is -3.74. The lowest BCUT2D eigenvalue weighted by Gasteiger charge is -2.12. The van der Waals surface area contributed by atoms with Gasteiger partial charge < -0.3 is 10.6 Å².